The summed E-state index contributed by atoms with van der Waals surface area (Å²) in [6, 6.07) is -5.03. The molecule has 0 spiro atoms. The monoisotopic (exact) mass is 488 g/mol. The third kappa shape index (κ3) is 12.0. The minimum absolute atomic E-state index is 0.0787. The summed E-state index contributed by atoms with van der Waals surface area (Å²) in [5, 5.41) is 25.7. The zero-order chi connectivity index (χ0) is 26.4. The third-order valence-electron chi connectivity index (χ3n) is 4.71. The summed E-state index contributed by atoms with van der Waals surface area (Å²) in [6.07, 6.45) is -0.209. The first kappa shape index (κ1) is 30.5. The van der Waals surface area contributed by atoms with Gasteiger partial charge in [0.25, 0.3) is 0 Å². The fourth-order valence-corrected chi connectivity index (χ4v) is 2.63. The average Bonchev–Trinajstić information content (AvgIpc) is 2.75. The maximum Gasteiger partial charge on any atom is 0.326 e. The topological polar surface area (TPSA) is 278 Å². The number of carbonyl (C=O) groups excluding carboxylic acids is 4. The minimum Gasteiger partial charge on any atom is -0.480 e. The molecule has 4 unspecified atom stereocenters. The molecule has 15 nitrogen and oxygen atoms in total. The maximum absolute atomic E-state index is 12.8. The van der Waals surface area contributed by atoms with Crippen molar-refractivity contribution in [3.63, 3.8) is 0 Å². The highest BCUT2D eigenvalue weighted by atomic mass is 16.4. The number of aliphatic carboxylic acids is 1. The van der Waals surface area contributed by atoms with Crippen molar-refractivity contribution >= 4 is 35.6 Å². The van der Waals surface area contributed by atoms with Gasteiger partial charge >= 0.3 is 5.97 Å². The molecule has 0 heterocycles. The molecule has 0 aliphatic rings. The summed E-state index contributed by atoms with van der Waals surface area (Å²) < 4.78 is 0. The van der Waals surface area contributed by atoms with Gasteiger partial charge in [-0.1, -0.05) is 13.8 Å². The zero-order valence-corrected chi connectivity index (χ0v) is 19.3. The molecule has 0 bridgehead atoms. The van der Waals surface area contributed by atoms with Crippen LogP contribution < -0.4 is 38.9 Å². The van der Waals surface area contributed by atoms with Gasteiger partial charge in [0.1, 0.15) is 18.1 Å². The molecule has 0 rings (SSSR count). The van der Waals surface area contributed by atoms with Crippen LogP contribution in [0.5, 0.6) is 0 Å². The lowest BCUT2D eigenvalue weighted by Crippen LogP contribution is -2.58. The van der Waals surface area contributed by atoms with E-state index in [1.807, 2.05) is 0 Å². The number of guanidine groups is 1. The number of carboxylic acid groups (broad SMARTS) is 1. The van der Waals surface area contributed by atoms with Crippen LogP contribution in [0.3, 0.4) is 0 Å². The number of aliphatic imine (C=N–C) groups is 1. The first-order valence-electron chi connectivity index (χ1n) is 10.6. The summed E-state index contributed by atoms with van der Waals surface area (Å²) in [4.78, 5) is 63.6. The van der Waals surface area contributed by atoms with Gasteiger partial charge in [-0.25, -0.2) is 4.79 Å². The largest absolute Gasteiger partial charge is 0.480 e. The van der Waals surface area contributed by atoms with E-state index in [-0.39, 0.29) is 44.1 Å². The molecule has 13 N–H and O–H groups in total. The Morgan fingerprint density at radius 3 is 1.85 bits per heavy atom. The van der Waals surface area contributed by atoms with Crippen LogP contribution in [0.2, 0.25) is 0 Å². The third-order valence-corrected chi connectivity index (χ3v) is 4.71. The van der Waals surface area contributed by atoms with E-state index in [1.54, 1.807) is 13.8 Å². The van der Waals surface area contributed by atoms with E-state index in [2.05, 4.69) is 20.9 Å². The molecule has 4 amide bonds. The number of hydrogen-bond donors (Lipinski definition) is 9. The van der Waals surface area contributed by atoms with Gasteiger partial charge in [0.05, 0.1) is 12.6 Å². The van der Waals surface area contributed by atoms with Gasteiger partial charge in [0.15, 0.2) is 5.96 Å². The predicted molar refractivity (Wildman–Crippen MR) is 122 cm³/mol. The van der Waals surface area contributed by atoms with E-state index in [0.29, 0.717) is 0 Å². The van der Waals surface area contributed by atoms with Crippen LogP contribution in [0.4, 0.5) is 0 Å². The summed E-state index contributed by atoms with van der Waals surface area (Å²) in [7, 11) is 0. The Morgan fingerprint density at radius 2 is 1.38 bits per heavy atom. The predicted octanol–water partition coefficient (Wildman–Crippen LogP) is -4.18. The van der Waals surface area contributed by atoms with Crippen LogP contribution >= 0.6 is 0 Å². The number of carbonyl (C=O) groups is 5. The molecule has 15 heteroatoms. The number of nitrogens with zero attached hydrogens (tertiary/aromatic N) is 1. The van der Waals surface area contributed by atoms with Crippen molar-refractivity contribution in [3.8, 4) is 0 Å². The number of amides is 4. The summed E-state index contributed by atoms with van der Waals surface area (Å²) in [5.74, 6) is -4.96. The van der Waals surface area contributed by atoms with E-state index < -0.39 is 60.4 Å². The van der Waals surface area contributed by atoms with Gasteiger partial charge in [-0.3, -0.25) is 24.2 Å². The van der Waals surface area contributed by atoms with Crippen molar-refractivity contribution in [1.82, 2.24) is 16.0 Å². The lowest BCUT2D eigenvalue weighted by atomic mass is 10.0. The zero-order valence-electron chi connectivity index (χ0n) is 19.3. The van der Waals surface area contributed by atoms with E-state index in [0.717, 1.165) is 0 Å². The quantitative estimate of drug-likeness (QED) is 0.0573. The van der Waals surface area contributed by atoms with Crippen molar-refractivity contribution < 1.29 is 34.2 Å². The number of aliphatic hydroxyl groups is 1. The highest BCUT2D eigenvalue weighted by molar-refractivity contribution is 5.94. The minimum atomic E-state index is -1.53. The Balaban J connectivity index is 5.35. The second kappa shape index (κ2) is 15.4. The second-order valence-electron chi connectivity index (χ2n) is 7.93. The normalized spacial score (nSPS) is 14.3. The van der Waals surface area contributed by atoms with E-state index in [9.17, 15) is 34.2 Å². The van der Waals surface area contributed by atoms with Crippen molar-refractivity contribution in [2.45, 2.75) is 63.7 Å². The highest BCUT2D eigenvalue weighted by Crippen LogP contribution is 2.04. The number of rotatable bonds is 16. The standard InChI is InChI=1S/C19H36N8O7/c1-9(2)14(21)17(32)25-10(4-3-7-24-19(22)23)15(30)27-12(8-28)16(31)26-11(18(33)34)5-6-13(20)29/h9-12,14,28H,3-8,21H2,1-2H3,(H2,20,29)(H,25,32)(H,26,31)(H,27,30)(H,33,34)(H4,22,23,24). The molecule has 194 valence electrons. The first-order valence-corrected chi connectivity index (χ1v) is 10.6. The molecule has 34 heavy (non-hydrogen) atoms. The molecular formula is C19H36N8O7. The van der Waals surface area contributed by atoms with Crippen LogP contribution in [0.15, 0.2) is 4.99 Å². The molecule has 0 aromatic rings. The lowest BCUT2D eigenvalue weighted by Gasteiger charge is -2.25. The molecule has 0 radical (unpaired) electrons. The van der Waals surface area contributed by atoms with Gasteiger partial charge in [-0.05, 0) is 25.2 Å². The molecule has 0 fully saturated rings. The summed E-state index contributed by atoms with van der Waals surface area (Å²) in [5.41, 5.74) is 21.3. The van der Waals surface area contributed by atoms with Crippen LogP contribution in [0.25, 0.3) is 0 Å². The number of carboxylic acids is 1. The Bertz CT molecular complexity index is 755. The number of nitrogens with one attached hydrogen (secondary N) is 3. The maximum atomic E-state index is 12.8. The molecule has 0 saturated heterocycles. The van der Waals surface area contributed by atoms with E-state index in [4.69, 9.17) is 22.9 Å². The molecule has 0 saturated carbocycles. The molecule has 0 aliphatic carbocycles. The Kier molecular flexibility index (Phi) is 13.8. The second-order valence-corrected chi connectivity index (χ2v) is 7.93. The Labute approximate surface area is 197 Å². The van der Waals surface area contributed by atoms with Crippen LogP contribution in [0, 0.1) is 5.92 Å². The van der Waals surface area contributed by atoms with Gasteiger partial charge in [0, 0.05) is 13.0 Å². The summed E-state index contributed by atoms with van der Waals surface area (Å²) in [6.45, 7) is 2.75. The number of aliphatic hydroxyl groups excluding tert-OH is 1. The van der Waals surface area contributed by atoms with Gasteiger partial charge in [-0.2, -0.15) is 0 Å². The van der Waals surface area contributed by atoms with Crippen LogP contribution in [0.1, 0.15) is 39.5 Å². The molecule has 4 atom stereocenters. The lowest BCUT2D eigenvalue weighted by molar-refractivity contribution is -0.143. The number of hydrogen-bond acceptors (Lipinski definition) is 8. The van der Waals surface area contributed by atoms with E-state index >= 15 is 0 Å². The van der Waals surface area contributed by atoms with Crippen LogP contribution in [-0.4, -0.2) is 83.1 Å². The molecule has 0 aliphatic heterocycles. The Hall–Kier alpha value is -3.46. The van der Waals surface area contributed by atoms with Crippen molar-refractivity contribution in [3.05, 3.63) is 0 Å². The molecular weight excluding hydrogens is 452 g/mol. The van der Waals surface area contributed by atoms with Gasteiger partial charge in [-0.15, -0.1) is 0 Å². The van der Waals surface area contributed by atoms with Gasteiger partial charge < -0.3 is 49.1 Å². The van der Waals surface area contributed by atoms with E-state index in [1.165, 1.54) is 0 Å². The molecule has 0 aromatic carbocycles. The Morgan fingerprint density at radius 1 is 0.853 bits per heavy atom. The van der Waals surface area contributed by atoms with Crippen molar-refractivity contribution in [2.75, 3.05) is 13.2 Å². The van der Waals surface area contributed by atoms with Crippen LogP contribution in [-0.2, 0) is 24.0 Å². The fraction of sp³-hybridized carbons (Fsp3) is 0.684. The molecule has 0 aromatic heterocycles. The SMILES string of the molecule is CC(C)C(N)C(=O)NC(CCCN=C(N)N)C(=O)NC(CO)C(=O)NC(CCC(N)=O)C(=O)O. The van der Waals surface area contributed by atoms with Crippen molar-refractivity contribution in [2.24, 2.45) is 33.8 Å². The number of primary amides is 1. The van der Waals surface area contributed by atoms with Gasteiger partial charge in [0.2, 0.25) is 23.6 Å². The average molecular weight is 489 g/mol. The van der Waals surface area contributed by atoms with Crippen molar-refractivity contribution in [1.29, 1.82) is 0 Å². The summed E-state index contributed by atoms with van der Waals surface area (Å²) >= 11 is 0. The fourth-order valence-electron chi connectivity index (χ4n) is 2.63. The number of nitrogens with two attached hydrogens (primary N) is 4. The smallest absolute Gasteiger partial charge is 0.326 e. The first-order chi connectivity index (χ1) is 15.8. The highest BCUT2D eigenvalue weighted by Gasteiger charge is 2.30.